The van der Waals surface area contributed by atoms with Crippen molar-refractivity contribution in [3.63, 3.8) is 0 Å². The van der Waals surface area contributed by atoms with Gasteiger partial charge in [-0.2, -0.15) is 0 Å². The average molecular weight is 412 g/mol. The van der Waals surface area contributed by atoms with Gasteiger partial charge in [-0.3, -0.25) is 15.0 Å². The number of nitrogens with one attached hydrogen (secondary N) is 2. The molecule has 7 heteroatoms. The lowest BCUT2D eigenvalue weighted by Gasteiger charge is -2.39. The van der Waals surface area contributed by atoms with Crippen LogP contribution in [0.5, 0.6) is 0 Å². The Morgan fingerprint density at radius 2 is 1.87 bits per heavy atom. The monoisotopic (exact) mass is 411 g/mol. The molecule has 2 amide bonds. The van der Waals surface area contributed by atoms with Gasteiger partial charge in [0.1, 0.15) is 5.84 Å². The largest absolute Gasteiger partial charge is 0.339 e. The molecule has 1 aliphatic carbocycles. The zero-order chi connectivity index (χ0) is 21.3. The maximum absolute atomic E-state index is 13.1. The molecule has 1 unspecified atom stereocenters. The summed E-state index contributed by atoms with van der Waals surface area (Å²) in [5.41, 5.74) is 8.09. The highest BCUT2D eigenvalue weighted by Gasteiger charge is 2.36. The summed E-state index contributed by atoms with van der Waals surface area (Å²) < 4.78 is 0. The number of likely N-dealkylation sites (tertiary alicyclic amines) is 1. The lowest BCUT2D eigenvalue weighted by Crippen LogP contribution is -2.57. The Morgan fingerprint density at radius 3 is 2.53 bits per heavy atom. The Labute approximate surface area is 178 Å². The normalized spacial score (nSPS) is 23.1. The van der Waals surface area contributed by atoms with E-state index in [0.717, 1.165) is 58.0 Å². The lowest BCUT2D eigenvalue weighted by atomic mass is 9.87. The third-order valence-electron chi connectivity index (χ3n) is 7.04. The second-order valence-corrected chi connectivity index (χ2v) is 8.90. The molecule has 2 heterocycles. The molecule has 7 nitrogen and oxygen atoms in total. The van der Waals surface area contributed by atoms with Crippen molar-refractivity contribution in [1.29, 1.82) is 5.41 Å². The van der Waals surface area contributed by atoms with E-state index in [4.69, 9.17) is 11.1 Å². The number of amides is 2. The lowest BCUT2D eigenvalue weighted by molar-refractivity contribution is -0.117. The second kappa shape index (κ2) is 8.76. The van der Waals surface area contributed by atoms with Gasteiger partial charge in [0.15, 0.2) is 6.17 Å². The fourth-order valence-electron chi connectivity index (χ4n) is 5.02. The summed E-state index contributed by atoms with van der Waals surface area (Å²) >= 11 is 0. The number of benzene rings is 1. The molecule has 1 atom stereocenters. The van der Waals surface area contributed by atoms with Crippen LogP contribution in [0.3, 0.4) is 0 Å². The number of piperidine rings is 1. The fourth-order valence-corrected chi connectivity index (χ4v) is 5.02. The van der Waals surface area contributed by atoms with Crippen LogP contribution in [0.25, 0.3) is 0 Å². The van der Waals surface area contributed by atoms with E-state index in [2.05, 4.69) is 12.2 Å². The van der Waals surface area contributed by atoms with Crippen LogP contribution < -0.4 is 16.0 Å². The van der Waals surface area contributed by atoms with Gasteiger partial charge in [0.05, 0.1) is 11.4 Å². The third-order valence-corrected chi connectivity index (χ3v) is 7.04. The number of rotatable bonds is 3. The van der Waals surface area contributed by atoms with Gasteiger partial charge in [-0.25, -0.2) is 0 Å². The first-order valence-corrected chi connectivity index (χ1v) is 11.4. The molecule has 4 N–H and O–H groups in total. The number of carbonyl (C=O) groups is 2. The first-order valence-electron chi connectivity index (χ1n) is 11.4. The van der Waals surface area contributed by atoms with Crippen LogP contribution in [0.15, 0.2) is 18.2 Å². The van der Waals surface area contributed by atoms with Crippen LogP contribution in [0.1, 0.15) is 68.6 Å². The summed E-state index contributed by atoms with van der Waals surface area (Å²) in [6, 6.07) is 5.35. The summed E-state index contributed by atoms with van der Waals surface area (Å²) in [6.07, 6.45) is 7.60. The van der Waals surface area contributed by atoms with Crippen molar-refractivity contribution in [3.05, 3.63) is 23.8 Å². The maximum Gasteiger partial charge on any atom is 0.262 e. The number of nitrogens with two attached hydrogens (primary N) is 1. The highest BCUT2D eigenvalue weighted by molar-refractivity contribution is 6.13. The van der Waals surface area contributed by atoms with E-state index in [1.165, 1.54) is 6.42 Å². The van der Waals surface area contributed by atoms with Gasteiger partial charge >= 0.3 is 0 Å². The molecule has 0 aromatic heterocycles. The van der Waals surface area contributed by atoms with E-state index in [0.29, 0.717) is 28.7 Å². The van der Waals surface area contributed by atoms with Crippen molar-refractivity contribution >= 4 is 29.0 Å². The predicted octanol–water partition coefficient (Wildman–Crippen LogP) is 3.55. The minimum atomic E-state index is -0.947. The van der Waals surface area contributed by atoms with E-state index in [-0.39, 0.29) is 17.7 Å². The molecule has 0 spiro atoms. The van der Waals surface area contributed by atoms with Crippen molar-refractivity contribution in [2.75, 3.05) is 23.3 Å². The molecule has 1 aromatic carbocycles. The first kappa shape index (κ1) is 20.8. The maximum atomic E-state index is 13.1. The van der Waals surface area contributed by atoms with E-state index in [1.54, 1.807) is 23.1 Å². The minimum absolute atomic E-state index is 0.0157. The number of fused-ring (bicyclic) bond motifs is 1. The molecule has 4 rings (SSSR count). The van der Waals surface area contributed by atoms with Gasteiger partial charge < -0.3 is 20.9 Å². The molecular formula is C23H33N5O2. The quantitative estimate of drug-likeness (QED) is 0.523. The topological polar surface area (TPSA) is 103 Å². The number of anilines is 2. The van der Waals surface area contributed by atoms with Crippen LogP contribution in [0.2, 0.25) is 0 Å². The van der Waals surface area contributed by atoms with Crippen LogP contribution in [-0.4, -0.2) is 41.8 Å². The summed E-state index contributed by atoms with van der Waals surface area (Å²) in [5.74, 6) is 0.908. The van der Waals surface area contributed by atoms with Crippen molar-refractivity contribution < 1.29 is 9.59 Å². The molecule has 30 heavy (non-hydrogen) atoms. The van der Waals surface area contributed by atoms with Crippen molar-refractivity contribution in [3.8, 4) is 0 Å². The molecule has 0 radical (unpaired) electrons. The van der Waals surface area contributed by atoms with Crippen molar-refractivity contribution in [1.82, 2.24) is 4.90 Å². The smallest absolute Gasteiger partial charge is 0.262 e. The van der Waals surface area contributed by atoms with Gasteiger partial charge in [0.25, 0.3) is 11.8 Å². The van der Waals surface area contributed by atoms with Crippen molar-refractivity contribution in [2.24, 2.45) is 17.6 Å². The molecule has 1 saturated heterocycles. The van der Waals surface area contributed by atoms with Crippen LogP contribution in [0, 0.1) is 17.2 Å². The fraction of sp³-hybridized carbons (Fsp3) is 0.609. The molecule has 3 aliphatic rings. The number of hydrogen-bond acceptors (Lipinski definition) is 4. The number of amidine groups is 1. The van der Waals surface area contributed by atoms with E-state index >= 15 is 0 Å². The Kier molecular flexibility index (Phi) is 6.09. The highest BCUT2D eigenvalue weighted by atomic mass is 16.2. The SMILES string of the molecule is CCC1CCN(C(=O)c2ccc3c(c2)N(C(=N)C2CCCCC2)C(N)C(=O)N3)CC1. The first-order chi connectivity index (χ1) is 14.5. The molecule has 1 saturated carbocycles. The van der Waals surface area contributed by atoms with E-state index in [1.807, 2.05) is 4.90 Å². The predicted molar refractivity (Wildman–Crippen MR) is 119 cm³/mol. The second-order valence-electron chi connectivity index (χ2n) is 8.90. The Hall–Kier alpha value is -2.41. The molecule has 2 aliphatic heterocycles. The zero-order valence-electron chi connectivity index (χ0n) is 17.8. The molecule has 2 fully saturated rings. The summed E-state index contributed by atoms with van der Waals surface area (Å²) in [4.78, 5) is 29.1. The number of nitrogens with zero attached hydrogens (tertiary/aromatic N) is 2. The number of hydrogen-bond donors (Lipinski definition) is 3. The standard InChI is InChI=1S/C23H33N5O2/c1-2-15-10-12-27(13-11-15)23(30)17-8-9-18-19(14-17)28(21(25)22(29)26-18)20(24)16-6-4-3-5-7-16/h8-9,14-16,21,24H,2-7,10-13,25H2,1H3,(H,26,29). The Bertz CT molecular complexity index is 825. The molecule has 162 valence electrons. The number of carbonyl (C=O) groups excluding carboxylic acids is 2. The van der Waals surface area contributed by atoms with Gasteiger partial charge in [-0.05, 0) is 49.8 Å². The van der Waals surface area contributed by atoms with Crippen molar-refractivity contribution in [2.45, 2.75) is 64.5 Å². The molecule has 1 aromatic rings. The van der Waals surface area contributed by atoms with Gasteiger partial charge in [0.2, 0.25) is 0 Å². The van der Waals surface area contributed by atoms with Crippen LogP contribution in [0.4, 0.5) is 11.4 Å². The van der Waals surface area contributed by atoms with Crippen LogP contribution in [-0.2, 0) is 4.79 Å². The third kappa shape index (κ3) is 3.95. The Balaban J connectivity index is 1.60. The van der Waals surface area contributed by atoms with E-state index in [9.17, 15) is 9.59 Å². The highest BCUT2D eigenvalue weighted by Crippen LogP contribution is 2.36. The Morgan fingerprint density at radius 1 is 1.17 bits per heavy atom. The zero-order valence-corrected chi connectivity index (χ0v) is 17.8. The molecule has 0 bridgehead atoms. The summed E-state index contributed by atoms with van der Waals surface area (Å²) in [7, 11) is 0. The van der Waals surface area contributed by atoms with Crippen LogP contribution >= 0.6 is 0 Å². The summed E-state index contributed by atoms with van der Waals surface area (Å²) in [6.45, 7) is 3.78. The van der Waals surface area contributed by atoms with E-state index < -0.39 is 6.17 Å². The van der Waals surface area contributed by atoms with Gasteiger partial charge in [0, 0.05) is 24.6 Å². The minimum Gasteiger partial charge on any atom is -0.339 e. The summed E-state index contributed by atoms with van der Waals surface area (Å²) in [5, 5.41) is 11.6. The van der Waals surface area contributed by atoms with Gasteiger partial charge in [-0.15, -0.1) is 0 Å². The van der Waals surface area contributed by atoms with Gasteiger partial charge in [-0.1, -0.05) is 32.6 Å². The molecular weight excluding hydrogens is 378 g/mol. The average Bonchev–Trinajstić information content (AvgIpc) is 2.79.